The van der Waals surface area contributed by atoms with Gasteiger partial charge in [0, 0.05) is 50.8 Å². The van der Waals surface area contributed by atoms with Crippen molar-refractivity contribution in [2.45, 2.75) is 12.0 Å². The highest BCUT2D eigenvalue weighted by Gasteiger charge is 2.34. The first-order valence-corrected chi connectivity index (χ1v) is 10.3. The molecule has 3 aromatic heterocycles. The minimum atomic E-state index is -0.302. The molecule has 0 aromatic carbocycles. The van der Waals surface area contributed by atoms with Gasteiger partial charge in [0.15, 0.2) is 0 Å². The van der Waals surface area contributed by atoms with Crippen LogP contribution >= 0.6 is 0 Å². The van der Waals surface area contributed by atoms with E-state index in [9.17, 15) is 4.79 Å². The van der Waals surface area contributed by atoms with Crippen molar-refractivity contribution in [2.75, 3.05) is 38.7 Å². The van der Waals surface area contributed by atoms with Crippen LogP contribution < -0.4 is 10.6 Å². The molecule has 0 saturated carbocycles. The zero-order valence-corrected chi connectivity index (χ0v) is 17.4. The Labute approximate surface area is 181 Å². The van der Waals surface area contributed by atoms with Gasteiger partial charge in [0.05, 0.1) is 24.9 Å². The smallest absolute Gasteiger partial charge is 0.320 e. The fourth-order valence-corrected chi connectivity index (χ4v) is 3.97. The van der Waals surface area contributed by atoms with Crippen LogP contribution in [-0.2, 0) is 4.74 Å². The molecule has 0 radical (unpaired) electrons. The van der Waals surface area contributed by atoms with E-state index < -0.39 is 0 Å². The fourth-order valence-electron chi connectivity index (χ4n) is 3.97. The number of aromatic nitrogens is 3. The molecule has 8 heteroatoms. The highest BCUT2D eigenvalue weighted by atomic mass is 16.5. The van der Waals surface area contributed by atoms with Crippen LogP contribution in [0, 0.1) is 0 Å². The summed E-state index contributed by atoms with van der Waals surface area (Å²) >= 11 is 0. The second kappa shape index (κ2) is 10.1. The van der Waals surface area contributed by atoms with Gasteiger partial charge in [0.2, 0.25) is 0 Å². The van der Waals surface area contributed by atoms with Crippen LogP contribution in [0.25, 0.3) is 0 Å². The lowest BCUT2D eigenvalue weighted by Gasteiger charge is -2.39. The average Bonchev–Trinajstić information content (AvgIpc) is 2.84. The van der Waals surface area contributed by atoms with Gasteiger partial charge in [0.25, 0.3) is 0 Å². The van der Waals surface area contributed by atoms with Gasteiger partial charge in [-0.15, -0.1) is 0 Å². The van der Waals surface area contributed by atoms with E-state index in [0.717, 1.165) is 29.9 Å². The summed E-state index contributed by atoms with van der Waals surface area (Å²) in [6.45, 7) is 2.91. The van der Waals surface area contributed by atoms with Gasteiger partial charge < -0.3 is 10.1 Å². The Balaban J connectivity index is 1.81. The number of hydrogen-bond donors (Lipinski definition) is 2. The molecule has 3 aromatic rings. The number of amides is 2. The second-order valence-electron chi connectivity index (χ2n) is 7.30. The van der Waals surface area contributed by atoms with E-state index in [1.807, 2.05) is 36.7 Å². The van der Waals surface area contributed by atoms with Crippen molar-refractivity contribution in [2.24, 2.45) is 0 Å². The van der Waals surface area contributed by atoms with Crippen LogP contribution in [0.5, 0.6) is 0 Å². The lowest BCUT2D eigenvalue weighted by atomic mass is 9.83. The Hall–Kier alpha value is -3.36. The zero-order chi connectivity index (χ0) is 21.5. The van der Waals surface area contributed by atoms with Gasteiger partial charge in [-0.25, -0.2) is 9.78 Å². The summed E-state index contributed by atoms with van der Waals surface area (Å²) in [6.07, 6.45) is 7.36. The average molecular weight is 419 g/mol. The zero-order valence-electron chi connectivity index (χ0n) is 17.4. The predicted molar refractivity (Wildman–Crippen MR) is 118 cm³/mol. The maximum atomic E-state index is 11.8. The molecule has 1 saturated heterocycles. The predicted octanol–water partition coefficient (Wildman–Crippen LogP) is 2.83. The normalized spacial score (nSPS) is 15.4. The van der Waals surface area contributed by atoms with Gasteiger partial charge in [-0.2, -0.15) is 0 Å². The SMILES string of the molecule is CNC(=O)Nc1cccc(C(C(c2cccnc2)c2cccnc2)N2CCOCC2)n1. The van der Waals surface area contributed by atoms with E-state index in [0.29, 0.717) is 19.0 Å². The van der Waals surface area contributed by atoms with Crippen LogP contribution in [0.15, 0.2) is 67.3 Å². The van der Waals surface area contributed by atoms with Gasteiger partial charge in [-0.1, -0.05) is 18.2 Å². The molecule has 4 rings (SSSR count). The molecule has 1 aliphatic rings. The third kappa shape index (κ3) is 5.04. The van der Waals surface area contributed by atoms with Crippen LogP contribution in [0.2, 0.25) is 0 Å². The summed E-state index contributed by atoms with van der Waals surface area (Å²) in [4.78, 5) is 27.8. The first kappa shape index (κ1) is 20.9. The van der Waals surface area contributed by atoms with E-state index in [2.05, 4.69) is 37.6 Å². The first-order chi connectivity index (χ1) is 15.3. The molecule has 0 aliphatic carbocycles. The minimum Gasteiger partial charge on any atom is -0.379 e. The summed E-state index contributed by atoms with van der Waals surface area (Å²) in [6, 6.07) is 13.4. The molecule has 2 amide bonds. The van der Waals surface area contributed by atoms with Crippen molar-refractivity contribution < 1.29 is 9.53 Å². The van der Waals surface area contributed by atoms with Gasteiger partial charge in [-0.05, 0) is 35.4 Å². The highest BCUT2D eigenvalue weighted by Crippen LogP contribution is 2.40. The molecule has 1 fully saturated rings. The maximum Gasteiger partial charge on any atom is 0.320 e. The minimum absolute atomic E-state index is 0.0387. The lowest BCUT2D eigenvalue weighted by molar-refractivity contribution is 0.0115. The number of ether oxygens (including phenoxy) is 1. The molecule has 1 atom stereocenters. The second-order valence-corrected chi connectivity index (χ2v) is 7.30. The van der Waals surface area contributed by atoms with Crippen molar-refractivity contribution in [3.8, 4) is 0 Å². The Morgan fingerprint density at radius 3 is 2.26 bits per heavy atom. The monoisotopic (exact) mass is 418 g/mol. The molecule has 0 spiro atoms. The fraction of sp³-hybridized carbons (Fsp3) is 0.304. The van der Waals surface area contributed by atoms with Crippen molar-refractivity contribution in [3.63, 3.8) is 0 Å². The number of pyridine rings is 3. The van der Waals surface area contributed by atoms with Crippen molar-refractivity contribution in [1.82, 2.24) is 25.2 Å². The molecule has 8 nitrogen and oxygen atoms in total. The van der Waals surface area contributed by atoms with E-state index in [-0.39, 0.29) is 18.0 Å². The van der Waals surface area contributed by atoms with Crippen LogP contribution in [-0.4, -0.2) is 59.2 Å². The Morgan fingerprint density at radius 2 is 1.68 bits per heavy atom. The van der Waals surface area contributed by atoms with E-state index in [4.69, 9.17) is 9.72 Å². The van der Waals surface area contributed by atoms with Crippen LogP contribution in [0.1, 0.15) is 28.8 Å². The van der Waals surface area contributed by atoms with Crippen LogP contribution in [0.4, 0.5) is 10.6 Å². The number of hydrogen-bond acceptors (Lipinski definition) is 6. The first-order valence-electron chi connectivity index (χ1n) is 10.3. The van der Waals surface area contributed by atoms with Gasteiger partial charge >= 0.3 is 6.03 Å². The lowest BCUT2D eigenvalue weighted by Crippen LogP contribution is -2.42. The van der Waals surface area contributed by atoms with Crippen molar-refractivity contribution in [1.29, 1.82) is 0 Å². The van der Waals surface area contributed by atoms with E-state index in [1.54, 1.807) is 25.5 Å². The summed E-state index contributed by atoms with van der Waals surface area (Å²) in [5, 5.41) is 5.35. The number of carbonyl (C=O) groups excluding carboxylic acids is 1. The number of nitrogens with zero attached hydrogens (tertiary/aromatic N) is 4. The molecule has 4 heterocycles. The molecule has 2 N–H and O–H groups in total. The Bertz CT molecular complexity index is 940. The Kier molecular flexibility index (Phi) is 6.81. The molecule has 0 bridgehead atoms. The standard InChI is InChI=1S/C23H26N6O2/c1-24-23(30)28-20-8-2-7-19(27-20)22(29-11-13-31-14-12-29)21(17-5-3-9-25-15-17)18-6-4-10-26-16-18/h2-10,15-16,21-22H,11-14H2,1H3,(H2,24,27,28,30). The number of morpholine rings is 1. The van der Waals surface area contributed by atoms with Gasteiger partial charge in [0.1, 0.15) is 5.82 Å². The Morgan fingerprint density at radius 1 is 1.00 bits per heavy atom. The van der Waals surface area contributed by atoms with E-state index in [1.165, 1.54) is 0 Å². The molecule has 31 heavy (non-hydrogen) atoms. The highest BCUT2D eigenvalue weighted by molar-refractivity contribution is 5.87. The molecular formula is C23H26N6O2. The van der Waals surface area contributed by atoms with Crippen molar-refractivity contribution in [3.05, 3.63) is 84.1 Å². The largest absolute Gasteiger partial charge is 0.379 e. The number of urea groups is 1. The summed E-state index contributed by atoms with van der Waals surface area (Å²) in [5.41, 5.74) is 3.03. The molecule has 160 valence electrons. The third-order valence-electron chi connectivity index (χ3n) is 5.38. The summed E-state index contributed by atoms with van der Waals surface area (Å²) < 4.78 is 5.62. The maximum absolute atomic E-state index is 11.8. The van der Waals surface area contributed by atoms with Crippen LogP contribution in [0.3, 0.4) is 0 Å². The molecular weight excluding hydrogens is 392 g/mol. The quantitative estimate of drug-likeness (QED) is 0.640. The van der Waals surface area contributed by atoms with Crippen molar-refractivity contribution >= 4 is 11.8 Å². The number of nitrogens with one attached hydrogen (secondary N) is 2. The van der Waals surface area contributed by atoms with Gasteiger partial charge in [-0.3, -0.25) is 20.2 Å². The number of anilines is 1. The number of carbonyl (C=O) groups is 1. The molecule has 1 unspecified atom stereocenters. The molecule has 1 aliphatic heterocycles. The topological polar surface area (TPSA) is 92.3 Å². The summed E-state index contributed by atoms with van der Waals surface area (Å²) in [7, 11) is 1.58. The summed E-state index contributed by atoms with van der Waals surface area (Å²) in [5.74, 6) is 0.467. The number of rotatable bonds is 6. The van der Waals surface area contributed by atoms with E-state index >= 15 is 0 Å². The third-order valence-corrected chi connectivity index (χ3v) is 5.38.